The highest BCUT2D eigenvalue weighted by molar-refractivity contribution is 5.99. The summed E-state index contributed by atoms with van der Waals surface area (Å²) in [5.74, 6) is -0.997. The number of ether oxygens (including phenoxy) is 2. The quantitative estimate of drug-likeness (QED) is 0.379. The van der Waals surface area contributed by atoms with Gasteiger partial charge in [-0.3, -0.25) is 14.4 Å². The molecule has 0 radical (unpaired) electrons. The maximum absolute atomic E-state index is 12.6. The maximum Gasteiger partial charge on any atom is 0.310 e. The first-order valence-corrected chi connectivity index (χ1v) is 10.2. The zero-order valence-corrected chi connectivity index (χ0v) is 18.3. The molecule has 2 heterocycles. The van der Waals surface area contributed by atoms with Crippen LogP contribution in [0.1, 0.15) is 45.7 Å². The number of hydrogen-bond donors (Lipinski definition) is 0. The number of hydrogen-bond acceptors (Lipinski definition) is 6. The number of benzene rings is 1. The fraction of sp³-hybridized carbons (Fsp3) is 0.375. The van der Waals surface area contributed by atoms with Crippen molar-refractivity contribution < 1.29 is 28.3 Å². The van der Waals surface area contributed by atoms with Gasteiger partial charge in [0.2, 0.25) is 5.78 Å². The topological polar surface area (TPSA) is 87.7 Å². The first-order valence-electron chi connectivity index (χ1n) is 10.2. The monoisotopic (exact) mass is 425 g/mol. The van der Waals surface area contributed by atoms with Crippen molar-refractivity contribution in [1.29, 1.82) is 0 Å². The van der Waals surface area contributed by atoms with Gasteiger partial charge >= 0.3 is 11.9 Å². The van der Waals surface area contributed by atoms with Gasteiger partial charge in [-0.2, -0.15) is 0 Å². The van der Waals surface area contributed by atoms with Gasteiger partial charge in [0.15, 0.2) is 6.61 Å². The molecule has 0 bridgehead atoms. The standard InChI is InChI=1S/C24H27NO6/c1-15-7-8-19-18(13-30-22(19)10-15)12-24(28)31-14-21(26)20-11-16(2)25(17(20)3)9-5-6-23(27)29-4/h7-8,10-11,13H,5-6,9,12,14H2,1-4H3. The van der Waals surface area contributed by atoms with Gasteiger partial charge in [0, 0.05) is 40.9 Å². The molecule has 0 aliphatic heterocycles. The van der Waals surface area contributed by atoms with Gasteiger partial charge in [-0.15, -0.1) is 0 Å². The maximum atomic E-state index is 12.6. The number of methoxy groups -OCH3 is 1. The molecule has 0 N–H and O–H groups in total. The van der Waals surface area contributed by atoms with E-state index in [2.05, 4.69) is 4.74 Å². The molecule has 0 atom stereocenters. The summed E-state index contributed by atoms with van der Waals surface area (Å²) in [4.78, 5) is 36.2. The zero-order chi connectivity index (χ0) is 22.5. The predicted octanol–water partition coefficient (Wildman–Crippen LogP) is 4.08. The van der Waals surface area contributed by atoms with E-state index in [9.17, 15) is 14.4 Å². The Balaban J connectivity index is 1.58. The average molecular weight is 425 g/mol. The van der Waals surface area contributed by atoms with Gasteiger partial charge in [0.05, 0.1) is 19.8 Å². The Morgan fingerprint density at radius 1 is 1.06 bits per heavy atom. The lowest BCUT2D eigenvalue weighted by Gasteiger charge is -2.09. The number of carbonyl (C=O) groups is 3. The minimum Gasteiger partial charge on any atom is -0.469 e. The number of Topliss-reactive ketones (excluding diaryl/α,β-unsaturated/α-hetero) is 1. The molecule has 3 rings (SSSR count). The van der Waals surface area contributed by atoms with Crippen molar-refractivity contribution in [2.75, 3.05) is 13.7 Å². The fourth-order valence-corrected chi connectivity index (χ4v) is 3.67. The molecule has 31 heavy (non-hydrogen) atoms. The molecule has 0 aliphatic rings. The molecule has 2 aromatic heterocycles. The summed E-state index contributed by atoms with van der Waals surface area (Å²) in [6.07, 6.45) is 2.52. The van der Waals surface area contributed by atoms with Gasteiger partial charge < -0.3 is 18.5 Å². The largest absolute Gasteiger partial charge is 0.469 e. The number of carbonyl (C=O) groups excluding carboxylic acids is 3. The van der Waals surface area contributed by atoms with Crippen LogP contribution in [0.4, 0.5) is 0 Å². The molecule has 0 aliphatic carbocycles. The van der Waals surface area contributed by atoms with Crippen molar-refractivity contribution in [1.82, 2.24) is 4.57 Å². The molecular weight excluding hydrogens is 398 g/mol. The zero-order valence-electron chi connectivity index (χ0n) is 18.3. The third-order valence-corrected chi connectivity index (χ3v) is 5.37. The molecule has 1 aromatic carbocycles. The molecule has 3 aromatic rings. The highest BCUT2D eigenvalue weighted by Crippen LogP contribution is 2.23. The smallest absolute Gasteiger partial charge is 0.310 e. The van der Waals surface area contributed by atoms with Crippen molar-refractivity contribution in [2.24, 2.45) is 0 Å². The predicted molar refractivity (Wildman–Crippen MR) is 115 cm³/mol. The van der Waals surface area contributed by atoms with Crippen molar-refractivity contribution in [3.63, 3.8) is 0 Å². The minimum absolute atomic E-state index is 0.0376. The second-order valence-electron chi connectivity index (χ2n) is 7.64. The molecule has 0 unspecified atom stereocenters. The number of aromatic nitrogens is 1. The summed E-state index contributed by atoms with van der Waals surface area (Å²) < 4.78 is 17.4. The average Bonchev–Trinajstić information content (AvgIpc) is 3.26. The SMILES string of the molecule is COC(=O)CCCn1c(C)cc(C(=O)COC(=O)Cc2coc3cc(C)ccc23)c1C. The summed E-state index contributed by atoms with van der Waals surface area (Å²) in [6.45, 7) is 6.00. The van der Waals surface area contributed by atoms with Crippen LogP contribution in [0.15, 0.2) is 34.9 Å². The first-order chi connectivity index (χ1) is 14.8. The van der Waals surface area contributed by atoms with Crippen LogP contribution >= 0.6 is 0 Å². The van der Waals surface area contributed by atoms with Crippen LogP contribution in [0.2, 0.25) is 0 Å². The Kier molecular flexibility index (Phi) is 6.95. The summed E-state index contributed by atoms with van der Waals surface area (Å²) in [6, 6.07) is 7.57. The van der Waals surface area contributed by atoms with E-state index in [1.807, 2.05) is 43.5 Å². The normalized spacial score (nSPS) is 11.0. The molecule has 0 saturated heterocycles. The Hall–Kier alpha value is -3.35. The van der Waals surface area contributed by atoms with E-state index in [-0.39, 0.29) is 24.8 Å². The van der Waals surface area contributed by atoms with E-state index in [0.29, 0.717) is 24.9 Å². The van der Waals surface area contributed by atoms with Crippen molar-refractivity contribution in [3.8, 4) is 0 Å². The molecule has 0 saturated carbocycles. The summed E-state index contributed by atoms with van der Waals surface area (Å²) in [5, 5.41) is 0.865. The summed E-state index contributed by atoms with van der Waals surface area (Å²) in [5.41, 5.74) is 4.75. The molecule has 7 nitrogen and oxygen atoms in total. The molecule has 164 valence electrons. The van der Waals surface area contributed by atoms with Crippen molar-refractivity contribution in [3.05, 3.63) is 58.6 Å². The van der Waals surface area contributed by atoms with Gasteiger partial charge in [-0.25, -0.2) is 0 Å². The molecule has 0 fully saturated rings. The number of esters is 2. The number of rotatable bonds is 9. The fourth-order valence-electron chi connectivity index (χ4n) is 3.67. The number of aryl methyl sites for hydroxylation is 2. The highest BCUT2D eigenvalue weighted by atomic mass is 16.5. The van der Waals surface area contributed by atoms with E-state index >= 15 is 0 Å². The van der Waals surface area contributed by atoms with E-state index in [1.165, 1.54) is 7.11 Å². The van der Waals surface area contributed by atoms with E-state index in [0.717, 1.165) is 33.5 Å². The van der Waals surface area contributed by atoms with Crippen molar-refractivity contribution >= 4 is 28.7 Å². The third-order valence-electron chi connectivity index (χ3n) is 5.37. The van der Waals surface area contributed by atoms with Crippen molar-refractivity contribution in [2.45, 2.75) is 46.6 Å². The Morgan fingerprint density at radius 2 is 1.84 bits per heavy atom. The lowest BCUT2D eigenvalue weighted by Crippen LogP contribution is -2.16. The number of ketones is 1. The molecule has 7 heteroatoms. The lowest BCUT2D eigenvalue weighted by molar-refractivity contribution is -0.142. The molecular formula is C24H27NO6. The Morgan fingerprint density at radius 3 is 2.58 bits per heavy atom. The first kappa shape index (κ1) is 22.3. The second kappa shape index (κ2) is 9.64. The van der Waals surface area contributed by atoms with Crippen LogP contribution in [-0.4, -0.2) is 36.0 Å². The van der Waals surface area contributed by atoms with Crippen LogP contribution in [0, 0.1) is 20.8 Å². The van der Waals surface area contributed by atoms with Gasteiger partial charge in [0.25, 0.3) is 0 Å². The Bertz CT molecular complexity index is 1120. The number of nitrogens with zero attached hydrogens (tertiary/aromatic N) is 1. The van der Waals surface area contributed by atoms with Gasteiger partial charge in [-0.1, -0.05) is 12.1 Å². The van der Waals surface area contributed by atoms with E-state index in [1.54, 1.807) is 12.3 Å². The second-order valence-corrected chi connectivity index (χ2v) is 7.64. The Labute approximate surface area is 180 Å². The van der Waals surface area contributed by atoms with E-state index < -0.39 is 5.97 Å². The van der Waals surface area contributed by atoms with Gasteiger partial charge in [-0.05, 0) is 44.9 Å². The van der Waals surface area contributed by atoms with Crippen LogP contribution < -0.4 is 0 Å². The summed E-state index contributed by atoms with van der Waals surface area (Å²) >= 11 is 0. The lowest BCUT2D eigenvalue weighted by atomic mass is 10.1. The number of furan rings is 1. The molecule has 0 amide bonds. The molecule has 0 spiro atoms. The summed E-state index contributed by atoms with van der Waals surface area (Å²) in [7, 11) is 1.36. The van der Waals surface area contributed by atoms with Crippen LogP contribution in [0.3, 0.4) is 0 Å². The number of fused-ring (bicyclic) bond motifs is 1. The van der Waals surface area contributed by atoms with Crippen LogP contribution in [0.5, 0.6) is 0 Å². The van der Waals surface area contributed by atoms with Gasteiger partial charge in [0.1, 0.15) is 5.58 Å². The highest BCUT2D eigenvalue weighted by Gasteiger charge is 2.18. The van der Waals surface area contributed by atoms with Crippen LogP contribution in [0.25, 0.3) is 11.0 Å². The third kappa shape index (κ3) is 5.23. The van der Waals surface area contributed by atoms with Crippen LogP contribution in [-0.2, 0) is 32.0 Å². The minimum atomic E-state index is -0.483. The van der Waals surface area contributed by atoms with E-state index in [4.69, 9.17) is 9.15 Å².